The number of hydrogen-bond acceptors (Lipinski definition) is 9. The van der Waals surface area contributed by atoms with Crippen LogP contribution < -0.4 is 27.4 Å². The van der Waals surface area contributed by atoms with Crippen LogP contribution in [-0.4, -0.2) is 80.8 Å². The standard InChI is InChI=1S/C22H31N5O9S/c23-13(9-11-1-3-12(28)4-2-11)19(32)27-16(10-37)21(34)25-14(6-8-18(30)31)20(33)26-15(22(35)36)5-7-17(24)29/h1-4,13-16,28,37H,5-10,23H2,(H2,24,29)(H,25,34)(H,26,33)(H,27,32)(H,30,31)(H,35,36). The lowest BCUT2D eigenvalue weighted by atomic mass is 10.1. The molecule has 0 aliphatic carbocycles. The number of nitrogens with one attached hydrogen (secondary N) is 3. The molecule has 4 unspecified atom stereocenters. The summed E-state index contributed by atoms with van der Waals surface area (Å²) >= 11 is 4.04. The number of primary amides is 1. The fourth-order valence-corrected chi connectivity index (χ4v) is 3.33. The molecular formula is C22H31N5O9S. The Hall–Kier alpha value is -3.85. The highest BCUT2D eigenvalue weighted by Gasteiger charge is 2.30. The minimum Gasteiger partial charge on any atom is -0.508 e. The number of carboxylic acids is 2. The van der Waals surface area contributed by atoms with Gasteiger partial charge in [0, 0.05) is 18.6 Å². The first-order chi connectivity index (χ1) is 17.3. The van der Waals surface area contributed by atoms with Crippen LogP contribution in [0, 0.1) is 0 Å². The molecule has 0 radical (unpaired) electrons. The molecule has 4 atom stereocenters. The molecular weight excluding hydrogens is 510 g/mol. The van der Waals surface area contributed by atoms with Gasteiger partial charge in [-0.25, -0.2) is 4.79 Å². The summed E-state index contributed by atoms with van der Waals surface area (Å²) in [7, 11) is 0. The first kappa shape index (κ1) is 31.2. The Bertz CT molecular complexity index is 989. The molecule has 15 heteroatoms. The molecule has 0 saturated carbocycles. The molecule has 1 rings (SSSR count). The number of aromatic hydroxyl groups is 1. The third-order valence-electron chi connectivity index (χ3n) is 5.12. The van der Waals surface area contributed by atoms with Gasteiger partial charge in [-0.1, -0.05) is 12.1 Å². The second-order valence-corrected chi connectivity index (χ2v) is 8.48. The van der Waals surface area contributed by atoms with Crippen LogP contribution in [0.25, 0.3) is 0 Å². The molecule has 0 saturated heterocycles. The van der Waals surface area contributed by atoms with Crippen molar-refractivity contribution < 1.29 is 44.1 Å². The largest absolute Gasteiger partial charge is 0.508 e. The number of hydrogen-bond donors (Lipinski definition) is 9. The van der Waals surface area contributed by atoms with E-state index in [0.29, 0.717) is 5.56 Å². The minimum atomic E-state index is -1.51. The summed E-state index contributed by atoms with van der Waals surface area (Å²) in [6, 6.07) is 0.700. The van der Waals surface area contributed by atoms with E-state index in [9.17, 15) is 39.0 Å². The van der Waals surface area contributed by atoms with Crippen molar-refractivity contribution in [2.24, 2.45) is 11.5 Å². The number of carbonyl (C=O) groups excluding carboxylic acids is 4. The van der Waals surface area contributed by atoms with Crippen LogP contribution in [0.5, 0.6) is 5.75 Å². The van der Waals surface area contributed by atoms with Gasteiger partial charge in [-0.2, -0.15) is 12.6 Å². The Morgan fingerprint density at radius 3 is 1.84 bits per heavy atom. The van der Waals surface area contributed by atoms with E-state index >= 15 is 0 Å². The Kier molecular flexibility index (Phi) is 12.9. The van der Waals surface area contributed by atoms with E-state index in [0.717, 1.165) is 0 Å². The summed E-state index contributed by atoms with van der Waals surface area (Å²) in [6.45, 7) is 0. The lowest BCUT2D eigenvalue weighted by Gasteiger charge is -2.24. The van der Waals surface area contributed by atoms with Crippen LogP contribution in [0.2, 0.25) is 0 Å². The van der Waals surface area contributed by atoms with Crippen molar-refractivity contribution in [1.82, 2.24) is 16.0 Å². The van der Waals surface area contributed by atoms with E-state index in [4.69, 9.17) is 16.6 Å². The van der Waals surface area contributed by atoms with Crippen molar-refractivity contribution in [1.29, 1.82) is 0 Å². The molecule has 0 spiro atoms. The number of rotatable bonds is 16. The second kappa shape index (κ2) is 15.3. The van der Waals surface area contributed by atoms with Gasteiger partial charge in [-0.05, 0) is 37.0 Å². The number of aliphatic carboxylic acids is 2. The minimum absolute atomic E-state index is 0.0395. The van der Waals surface area contributed by atoms with Crippen molar-refractivity contribution in [2.75, 3.05) is 5.75 Å². The number of phenolic OH excluding ortho intramolecular Hbond substituents is 1. The molecule has 1 aromatic rings. The average Bonchev–Trinajstić information content (AvgIpc) is 2.83. The van der Waals surface area contributed by atoms with Crippen molar-refractivity contribution in [3.8, 4) is 5.75 Å². The summed E-state index contributed by atoms with van der Waals surface area (Å²) < 4.78 is 0. The van der Waals surface area contributed by atoms with Crippen molar-refractivity contribution >= 4 is 48.2 Å². The third-order valence-corrected chi connectivity index (χ3v) is 5.48. The van der Waals surface area contributed by atoms with Crippen LogP contribution in [0.1, 0.15) is 31.2 Å². The topological polar surface area (TPSA) is 251 Å². The van der Waals surface area contributed by atoms with Gasteiger partial charge in [0.2, 0.25) is 23.6 Å². The van der Waals surface area contributed by atoms with Gasteiger partial charge in [0.05, 0.1) is 6.04 Å². The highest BCUT2D eigenvalue weighted by Crippen LogP contribution is 2.11. The zero-order valence-corrected chi connectivity index (χ0v) is 20.6. The first-order valence-corrected chi connectivity index (χ1v) is 11.8. The molecule has 0 heterocycles. The Balaban J connectivity index is 2.87. The van der Waals surface area contributed by atoms with Gasteiger partial charge >= 0.3 is 11.9 Å². The Morgan fingerprint density at radius 1 is 0.811 bits per heavy atom. The summed E-state index contributed by atoms with van der Waals surface area (Å²) in [4.78, 5) is 71.4. The van der Waals surface area contributed by atoms with Gasteiger partial charge in [-0.3, -0.25) is 24.0 Å². The number of carboxylic acid groups (broad SMARTS) is 2. The zero-order chi connectivity index (χ0) is 28.1. The maximum atomic E-state index is 12.8. The van der Waals surface area contributed by atoms with Crippen molar-refractivity contribution in [2.45, 2.75) is 56.3 Å². The Labute approximate surface area is 217 Å². The zero-order valence-electron chi connectivity index (χ0n) is 19.8. The molecule has 0 fully saturated rings. The first-order valence-electron chi connectivity index (χ1n) is 11.1. The second-order valence-electron chi connectivity index (χ2n) is 8.12. The summed E-state index contributed by atoms with van der Waals surface area (Å²) in [5.41, 5.74) is 11.6. The van der Waals surface area contributed by atoms with E-state index in [2.05, 4.69) is 28.6 Å². The lowest BCUT2D eigenvalue weighted by Crippen LogP contribution is -2.57. The highest BCUT2D eigenvalue weighted by molar-refractivity contribution is 7.80. The monoisotopic (exact) mass is 541 g/mol. The maximum Gasteiger partial charge on any atom is 0.326 e. The van der Waals surface area contributed by atoms with E-state index < -0.39 is 66.2 Å². The smallest absolute Gasteiger partial charge is 0.326 e. The predicted molar refractivity (Wildman–Crippen MR) is 132 cm³/mol. The molecule has 37 heavy (non-hydrogen) atoms. The molecule has 0 aliphatic rings. The number of carbonyl (C=O) groups is 6. The van der Waals surface area contributed by atoms with Gasteiger partial charge in [-0.15, -0.1) is 0 Å². The van der Waals surface area contributed by atoms with E-state index in [1.165, 1.54) is 12.1 Å². The quantitative estimate of drug-likeness (QED) is 0.103. The third kappa shape index (κ3) is 11.6. The Morgan fingerprint density at radius 2 is 1.32 bits per heavy atom. The van der Waals surface area contributed by atoms with E-state index in [1.807, 2.05) is 0 Å². The highest BCUT2D eigenvalue weighted by atomic mass is 32.1. The normalized spacial score (nSPS) is 13.9. The fourth-order valence-electron chi connectivity index (χ4n) is 3.08. The van der Waals surface area contributed by atoms with Crippen LogP contribution in [0.15, 0.2) is 24.3 Å². The summed E-state index contributed by atoms with van der Waals surface area (Å²) in [5.74, 6) is -6.26. The van der Waals surface area contributed by atoms with Crippen LogP contribution in [0.3, 0.4) is 0 Å². The molecule has 1 aromatic carbocycles. The summed E-state index contributed by atoms with van der Waals surface area (Å²) in [6.07, 6.45) is -1.47. The molecule has 0 aromatic heterocycles. The number of benzene rings is 1. The molecule has 14 nitrogen and oxygen atoms in total. The van der Waals surface area contributed by atoms with Crippen LogP contribution in [0.4, 0.5) is 0 Å². The number of nitrogens with two attached hydrogens (primary N) is 2. The average molecular weight is 542 g/mol. The number of amides is 4. The fraction of sp³-hybridized carbons (Fsp3) is 0.455. The van der Waals surface area contributed by atoms with Crippen molar-refractivity contribution in [3.05, 3.63) is 29.8 Å². The van der Waals surface area contributed by atoms with Crippen LogP contribution >= 0.6 is 12.6 Å². The van der Waals surface area contributed by atoms with E-state index in [1.54, 1.807) is 12.1 Å². The van der Waals surface area contributed by atoms with Gasteiger partial charge in [0.1, 0.15) is 23.9 Å². The summed E-state index contributed by atoms with van der Waals surface area (Å²) in [5, 5.41) is 34.5. The van der Waals surface area contributed by atoms with E-state index in [-0.39, 0.29) is 37.2 Å². The van der Waals surface area contributed by atoms with Crippen LogP contribution in [-0.2, 0) is 35.2 Å². The molecule has 10 N–H and O–H groups in total. The molecule has 0 aliphatic heterocycles. The van der Waals surface area contributed by atoms with Gasteiger partial charge in [0.15, 0.2) is 0 Å². The predicted octanol–water partition coefficient (Wildman–Crippen LogP) is -2.14. The van der Waals surface area contributed by atoms with Gasteiger partial charge < -0.3 is 42.7 Å². The SMILES string of the molecule is NC(=O)CCC(NC(=O)C(CCC(=O)O)NC(=O)C(CS)NC(=O)C(N)Cc1ccc(O)cc1)C(=O)O. The van der Waals surface area contributed by atoms with Crippen molar-refractivity contribution in [3.63, 3.8) is 0 Å². The molecule has 4 amide bonds. The number of thiol groups is 1. The molecule has 204 valence electrons. The lowest BCUT2D eigenvalue weighted by molar-refractivity contribution is -0.143. The maximum absolute atomic E-state index is 12.8. The number of phenols is 1. The molecule has 0 bridgehead atoms. The van der Waals surface area contributed by atoms with Gasteiger partial charge in [0.25, 0.3) is 0 Å².